The second-order valence-corrected chi connectivity index (χ2v) is 3.16. The lowest BCUT2D eigenvalue weighted by Crippen LogP contribution is -2.19. The van der Waals surface area contributed by atoms with Crippen LogP contribution >= 0.6 is 0 Å². The summed E-state index contributed by atoms with van der Waals surface area (Å²) in [6.45, 7) is 1.48. The van der Waals surface area contributed by atoms with Crippen molar-refractivity contribution in [2.75, 3.05) is 32.7 Å². The van der Waals surface area contributed by atoms with Crippen molar-refractivity contribution in [2.24, 2.45) is 5.84 Å². The molecule has 1 heterocycles. The predicted molar refractivity (Wildman–Crippen MR) is 56.1 cm³/mol. The number of nitrogens with two attached hydrogens (primary N) is 1. The Labute approximate surface area is 83.8 Å². The summed E-state index contributed by atoms with van der Waals surface area (Å²) < 4.78 is 5.41. The Kier molecular flexibility index (Phi) is 4.15. The summed E-state index contributed by atoms with van der Waals surface area (Å²) in [5.41, 5.74) is 2.47. The number of nitrogen functional groups attached to an aromatic ring is 1. The standard InChI is InChI=1S/C9H16N4O/c1-13(2)6-7-14-9-5-3-4-8(11-9)12-10/h3-5H,6-7,10H2,1-2H3,(H,11,12). The van der Waals surface area contributed by atoms with Gasteiger partial charge in [-0.2, -0.15) is 4.98 Å². The quantitative estimate of drug-likeness (QED) is 0.524. The average Bonchev–Trinajstić information content (AvgIpc) is 2.18. The molecule has 14 heavy (non-hydrogen) atoms. The van der Waals surface area contributed by atoms with Crippen LogP contribution in [0.4, 0.5) is 5.82 Å². The topological polar surface area (TPSA) is 63.4 Å². The Bertz CT molecular complexity index is 277. The van der Waals surface area contributed by atoms with Gasteiger partial charge < -0.3 is 15.1 Å². The van der Waals surface area contributed by atoms with E-state index < -0.39 is 0 Å². The van der Waals surface area contributed by atoms with Crippen LogP contribution in [0.25, 0.3) is 0 Å². The molecule has 0 fully saturated rings. The van der Waals surface area contributed by atoms with Crippen LogP contribution in [0.1, 0.15) is 0 Å². The molecule has 0 saturated carbocycles. The van der Waals surface area contributed by atoms with Crippen molar-refractivity contribution in [1.29, 1.82) is 0 Å². The third kappa shape index (κ3) is 3.59. The van der Waals surface area contributed by atoms with E-state index in [2.05, 4.69) is 10.4 Å². The summed E-state index contributed by atoms with van der Waals surface area (Å²) in [5.74, 6) is 6.41. The summed E-state index contributed by atoms with van der Waals surface area (Å²) in [6, 6.07) is 5.42. The number of nitrogens with zero attached hydrogens (tertiary/aromatic N) is 2. The molecule has 0 aliphatic heterocycles. The first-order valence-corrected chi connectivity index (χ1v) is 4.43. The van der Waals surface area contributed by atoms with Gasteiger partial charge in [-0.25, -0.2) is 5.84 Å². The Hall–Kier alpha value is -1.33. The minimum absolute atomic E-state index is 0.585. The molecule has 0 aliphatic carbocycles. The molecule has 78 valence electrons. The number of hydrogen-bond donors (Lipinski definition) is 2. The third-order valence-electron chi connectivity index (χ3n) is 1.66. The van der Waals surface area contributed by atoms with Crippen LogP contribution in [0.2, 0.25) is 0 Å². The summed E-state index contributed by atoms with van der Waals surface area (Å²) in [4.78, 5) is 6.16. The number of nitrogens with one attached hydrogen (secondary N) is 1. The van der Waals surface area contributed by atoms with Crippen molar-refractivity contribution in [1.82, 2.24) is 9.88 Å². The fourth-order valence-electron chi connectivity index (χ4n) is 0.908. The number of anilines is 1. The Balaban J connectivity index is 2.42. The highest BCUT2D eigenvalue weighted by molar-refractivity contribution is 5.35. The molecule has 0 bridgehead atoms. The van der Waals surface area contributed by atoms with Crippen molar-refractivity contribution < 1.29 is 4.74 Å². The van der Waals surface area contributed by atoms with E-state index in [1.165, 1.54) is 0 Å². The second kappa shape index (κ2) is 5.41. The fraction of sp³-hybridized carbons (Fsp3) is 0.444. The lowest BCUT2D eigenvalue weighted by atomic mass is 10.4. The van der Waals surface area contributed by atoms with Crippen LogP contribution in [-0.2, 0) is 0 Å². The number of ether oxygens (including phenoxy) is 1. The Morgan fingerprint density at radius 2 is 2.29 bits per heavy atom. The molecule has 0 saturated heterocycles. The number of rotatable bonds is 5. The number of pyridine rings is 1. The molecule has 1 aromatic heterocycles. The minimum atomic E-state index is 0.585. The molecule has 0 atom stereocenters. The van der Waals surface area contributed by atoms with Crippen molar-refractivity contribution in [2.45, 2.75) is 0 Å². The fourth-order valence-corrected chi connectivity index (χ4v) is 0.908. The smallest absolute Gasteiger partial charge is 0.215 e. The molecule has 0 amide bonds. The molecule has 5 nitrogen and oxygen atoms in total. The maximum Gasteiger partial charge on any atom is 0.215 e. The van der Waals surface area contributed by atoms with Gasteiger partial charge in [0.2, 0.25) is 5.88 Å². The van der Waals surface area contributed by atoms with Crippen LogP contribution in [0.3, 0.4) is 0 Å². The van der Waals surface area contributed by atoms with E-state index in [9.17, 15) is 0 Å². The van der Waals surface area contributed by atoms with Crippen LogP contribution in [0.5, 0.6) is 5.88 Å². The maximum atomic E-state index is 5.41. The van der Waals surface area contributed by atoms with E-state index in [1.807, 2.05) is 25.1 Å². The zero-order chi connectivity index (χ0) is 10.4. The molecule has 0 aliphatic rings. The molecule has 5 heteroatoms. The highest BCUT2D eigenvalue weighted by Crippen LogP contribution is 2.09. The monoisotopic (exact) mass is 196 g/mol. The molecule has 1 rings (SSSR count). The average molecular weight is 196 g/mol. The third-order valence-corrected chi connectivity index (χ3v) is 1.66. The molecular weight excluding hydrogens is 180 g/mol. The second-order valence-electron chi connectivity index (χ2n) is 3.16. The lowest BCUT2D eigenvalue weighted by molar-refractivity contribution is 0.254. The largest absolute Gasteiger partial charge is 0.476 e. The van der Waals surface area contributed by atoms with Crippen molar-refractivity contribution in [3.8, 4) is 5.88 Å². The highest BCUT2D eigenvalue weighted by atomic mass is 16.5. The van der Waals surface area contributed by atoms with Crippen LogP contribution in [0, 0.1) is 0 Å². The normalized spacial score (nSPS) is 10.3. The van der Waals surface area contributed by atoms with Crippen LogP contribution in [-0.4, -0.2) is 37.1 Å². The van der Waals surface area contributed by atoms with Crippen molar-refractivity contribution in [3.63, 3.8) is 0 Å². The molecule has 0 aromatic carbocycles. The van der Waals surface area contributed by atoms with Gasteiger partial charge in [-0.05, 0) is 20.2 Å². The molecule has 1 aromatic rings. The van der Waals surface area contributed by atoms with E-state index in [4.69, 9.17) is 10.6 Å². The van der Waals surface area contributed by atoms with E-state index in [0.29, 0.717) is 18.3 Å². The van der Waals surface area contributed by atoms with Crippen LogP contribution < -0.4 is 16.0 Å². The van der Waals surface area contributed by atoms with Gasteiger partial charge in [-0.15, -0.1) is 0 Å². The van der Waals surface area contributed by atoms with E-state index in [-0.39, 0.29) is 0 Å². The number of aromatic nitrogens is 1. The van der Waals surface area contributed by atoms with E-state index >= 15 is 0 Å². The van der Waals surface area contributed by atoms with E-state index in [0.717, 1.165) is 6.54 Å². The van der Waals surface area contributed by atoms with Crippen LogP contribution in [0.15, 0.2) is 18.2 Å². The number of hydrazine groups is 1. The van der Waals surface area contributed by atoms with Gasteiger partial charge in [0.05, 0.1) is 0 Å². The summed E-state index contributed by atoms with van der Waals surface area (Å²) in [7, 11) is 3.99. The summed E-state index contributed by atoms with van der Waals surface area (Å²) >= 11 is 0. The number of hydrogen-bond acceptors (Lipinski definition) is 5. The predicted octanol–water partition coefficient (Wildman–Crippen LogP) is 0.308. The first kappa shape index (κ1) is 10.7. The van der Waals surface area contributed by atoms with Gasteiger partial charge >= 0.3 is 0 Å². The minimum Gasteiger partial charge on any atom is -0.476 e. The van der Waals surface area contributed by atoms with Gasteiger partial charge in [0.15, 0.2) is 0 Å². The Morgan fingerprint density at radius 3 is 2.93 bits per heavy atom. The zero-order valence-electron chi connectivity index (χ0n) is 8.53. The van der Waals surface area contributed by atoms with Crippen molar-refractivity contribution >= 4 is 5.82 Å². The van der Waals surface area contributed by atoms with Gasteiger partial charge in [0.1, 0.15) is 12.4 Å². The highest BCUT2D eigenvalue weighted by Gasteiger charge is 1.97. The summed E-state index contributed by atoms with van der Waals surface area (Å²) in [5, 5.41) is 0. The molecular formula is C9H16N4O. The van der Waals surface area contributed by atoms with E-state index in [1.54, 1.807) is 12.1 Å². The first-order chi connectivity index (χ1) is 6.72. The van der Waals surface area contributed by atoms with Gasteiger partial charge in [-0.1, -0.05) is 6.07 Å². The van der Waals surface area contributed by atoms with Gasteiger partial charge in [0.25, 0.3) is 0 Å². The first-order valence-electron chi connectivity index (χ1n) is 4.43. The maximum absolute atomic E-state index is 5.41. The molecule has 0 radical (unpaired) electrons. The molecule has 0 unspecified atom stereocenters. The van der Waals surface area contributed by atoms with Gasteiger partial charge in [-0.3, -0.25) is 0 Å². The summed E-state index contributed by atoms with van der Waals surface area (Å²) in [6.07, 6.45) is 0. The Morgan fingerprint density at radius 1 is 1.50 bits per heavy atom. The molecule has 3 N–H and O–H groups in total. The number of likely N-dealkylation sites (N-methyl/N-ethyl adjacent to an activating group) is 1. The lowest BCUT2D eigenvalue weighted by Gasteiger charge is -2.10. The van der Waals surface area contributed by atoms with Crippen molar-refractivity contribution in [3.05, 3.63) is 18.2 Å². The molecule has 0 spiro atoms. The SMILES string of the molecule is CN(C)CCOc1cccc(NN)n1. The van der Waals surface area contributed by atoms with Gasteiger partial charge in [0, 0.05) is 12.6 Å². The zero-order valence-corrected chi connectivity index (χ0v) is 8.53.